The molecule has 29 heavy (non-hydrogen) atoms. The molecular formula is C21H26F3NO4. The van der Waals surface area contributed by atoms with E-state index in [1.54, 1.807) is 11.0 Å². The number of aliphatic hydroxyl groups is 1. The molecule has 1 saturated heterocycles. The molecule has 1 amide bonds. The maximum atomic E-state index is 12.8. The zero-order valence-corrected chi connectivity index (χ0v) is 16.1. The van der Waals surface area contributed by atoms with Crippen molar-refractivity contribution in [2.45, 2.75) is 63.3 Å². The van der Waals surface area contributed by atoms with Crippen LogP contribution in [0.2, 0.25) is 0 Å². The van der Waals surface area contributed by atoms with Crippen molar-refractivity contribution in [3.05, 3.63) is 47.5 Å². The summed E-state index contributed by atoms with van der Waals surface area (Å²) in [6.45, 7) is 0.542. The fourth-order valence-corrected chi connectivity index (χ4v) is 3.40. The number of rotatable bonds is 10. The molecule has 0 radical (unpaired) electrons. The topological polar surface area (TPSA) is 77.8 Å². The van der Waals surface area contributed by atoms with Crippen LogP contribution in [0.15, 0.2) is 36.4 Å². The van der Waals surface area contributed by atoms with E-state index in [0.29, 0.717) is 25.8 Å². The van der Waals surface area contributed by atoms with Gasteiger partial charge in [0, 0.05) is 19.4 Å². The third-order valence-electron chi connectivity index (χ3n) is 4.99. The first-order chi connectivity index (χ1) is 13.7. The predicted octanol–water partition coefficient (Wildman–Crippen LogP) is 4.32. The lowest BCUT2D eigenvalue weighted by Gasteiger charge is -2.22. The molecule has 1 aliphatic rings. The number of aliphatic hydroxyl groups excluding tert-OH is 1. The number of benzene rings is 1. The number of alkyl halides is 3. The Morgan fingerprint density at radius 1 is 1.24 bits per heavy atom. The first-order valence-electron chi connectivity index (χ1n) is 9.73. The smallest absolute Gasteiger partial charge is 0.416 e. The number of carbonyl (C=O) groups is 2. The SMILES string of the molecule is O=C(O)CCCCCCN1C(=O)CC[C@@H]1/C=C/C(O)c1cccc(C(F)(F)F)c1. The zero-order chi connectivity index (χ0) is 21.4. The molecule has 1 unspecified atom stereocenters. The van der Waals surface area contributed by atoms with Crippen LogP contribution in [0.4, 0.5) is 13.2 Å². The summed E-state index contributed by atoms with van der Waals surface area (Å²) in [7, 11) is 0. The number of hydrogen-bond donors (Lipinski definition) is 2. The molecule has 8 heteroatoms. The lowest BCUT2D eigenvalue weighted by Crippen LogP contribution is -2.32. The molecule has 2 N–H and O–H groups in total. The van der Waals surface area contributed by atoms with Gasteiger partial charge >= 0.3 is 12.1 Å². The van der Waals surface area contributed by atoms with Gasteiger partial charge in [-0.1, -0.05) is 37.1 Å². The van der Waals surface area contributed by atoms with E-state index in [1.165, 1.54) is 18.2 Å². The summed E-state index contributed by atoms with van der Waals surface area (Å²) >= 11 is 0. The highest BCUT2D eigenvalue weighted by Crippen LogP contribution is 2.31. The van der Waals surface area contributed by atoms with Crippen molar-refractivity contribution in [2.24, 2.45) is 0 Å². The van der Waals surface area contributed by atoms with Crippen LogP contribution < -0.4 is 0 Å². The van der Waals surface area contributed by atoms with E-state index in [0.717, 1.165) is 31.4 Å². The second-order valence-corrected chi connectivity index (χ2v) is 7.20. The number of halogens is 3. The van der Waals surface area contributed by atoms with Gasteiger partial charge in [0.2, 0.25) is 5.91 Å². The number of carboxylic acids is 1. The van der Waals surface area contributed by atoms with E-state index < -0.39 is 23.8 Å². The summed E-state index contributed by atoms with van der Waals surface area (Å²) in [6, 6.07) is 4.36. The molecule has 0 spiro atoms. The molecule has 0 saturated carbocycles. The average Bonchev–Trinajstić information content (AvgIpc) is 3.01. The third-order valence-corrected chi connectivity index (χ3v) is 4.99. The summed E-state index contributed by atoms with van der Waals surface area (Å²) in [5.41, 5.74) is -0.673. The second-order valence-electron chi connectivity index (χ2n) is 7.20. The molecule has 1 heterocycles. The third kappa shape index (κ3) is 7.20. The molecule has 1 aromatic carbocycles. The highest BCUT2D eigenvalue weighted by atomic mass is 19.4. The zero-order valence-electron chi connectivity index (χ0n) is 16.1. The lowest BCUT2D eigenvalue weighted by molar-refractivity contribution is -0.138. The van der Waals surface area contributed by atoms with Crippen molar-refractivity contribution in [3.63, 3.8) is 0 Å². The summed E-state index contributed by atoms with van der Waals surface area (Å²) < 4.78 is 38.5. The molecule has 2 rings (SSSR count). The van der Waals surface area contributed by atoms with E-state index in [-0.39, 0.29) is 23.9 Å². The van der Waals surface area contributed by atoms with Crippen LogP contribution in [0.25, 0.3) is 0 Å². The van der Waals surface area contributed by atoms with Crippen molar-refractivity contribution in [2.75, 3.05) is 6.54 Å². The highest BCUT2D eigenvalue weighted by Gasteiger charge is 2.31. The number of likely N-dealkylation sites (tertiary alicyclic amines) is 1. The number of carboxylic acid groups (broad SMARTS) is 1. The van der Waals surface area contributed by atoms with Crippen LogP contribution in [0.5, 0.6) is 0 Å². The highest BCUT2D eigenvalue weighted by molar-refractivity contribution is 5.79. The first kappa shape index (κ1) is 22.9. The van der Waals surface area contributed by atoms with Gasteiger partial charge in [-0.05, 0) is 37.0 Å². The van der Waals surface area contributed by atoms with Gasteiger partial charge in [-0.3, -0.25) is 9.59 Å². The maximum Gasteiger partial charge on any atom is 0.416 e. The van der Waals surface area contributed by atoms with Gasteiger partial charge in [0.05, 0.1) is 17.7 Å². The Morgan fingerprint density at radius 3 is 2.66 bits per heavy atom. The average molecular weight is 413 g/mol. The van der Waals surface area contributed by atoms with E-state index >= 15 is 0 Å². The van der Waals surface area contributed by atoms with E-state index in [4.69, 9.17) is 5.11 Å². The van der Waals surface area contributed by atoms with Crippen molar-refractivity contribution >= 4 is 11.9 Å². The number of aliphatic carboxylic acids is 1. The normalized spacial score (nSPS) is 18.6. The maximum absolute atomic E-state index is 12.8. The molecule has 0 bridgehead atoms. The number of unbranched alkanes of at least 4 members (excludes halogenated alkanes) is 3. The number of nitrogens with zero attached hydrogens (tertiary/aromatic N) is 1. The minimum Gasteiger partial charge on any atom is -0.481 e. The van der Waals surface area contributed by atoms with Gasteiger partial charge in [-0.25, -0.2) is 0 Å². The van der Waals surface area contributed by atoms with Crippen LogP contribution in [0.3, 0.4) is 0 Å². The molecule has 1 aromatic rings. The van der Waals surface area contributed by atoms with Crippen molar-refractivity contribution < 1.29 is 33.0 Å². The number of carbonyl (C=O) groups excluding carboxylic acids is 1. The van der Waals surface area contributed by atoms with Gasteiger partial charge in [0.15, 0.2) is 0 Å². The van der Waals surface area contributed by atoms with Crippen LogP contribution >= 0.6 is 0 Å². The molecule has 0 aliphatic carbocycles. The Kier molecular flexibility index (Phi) is 8.25. The molecule has 0 aromatic heterocycles. The molecule has 1 fully saturated rings. The minimum absolute atomic E-state index is 0.0127. The first-order valence-corrected chi connectivity index (χ1v) is 9.73. The largest absolute Gasteiger partial charge is 0.481 e. The van der Waals surface area contributed by atoms with Crippen LogP contribution in [0, 0.1) is 0 Å². The lowest BCUT2D eigenvalue weighted by atomic mass is 10.0. The van der Waals surface area contributed by atoms with Gasteiger partial charge in [0.1, 0.15) is 0 Å². The predicted molar refractivity (Wildman–Crippen MR) is 101 cm³/mol. The van der Waals surface area contributed by atoms with Crippen molar-refractivity contribution in [1.29, 1.82) is 0 Å². The van der Waals surface area contributed by atoms with Gasteiger partial charge in [0.25, 0.3) is 0 Å². The van der Waals surface area contributed by atoms with Gasteiger partial charge in [-0.15, -0.1) is 0 Å². The molecular weight excluding hydrogens is 387 g/mol. The van der Waals surface area contributed by atoms with Crippen LogP contribution in [0.1, 0.15) is 62.2 Å². The summed E-state index contributed by atoms with van der Waals surface area (Å²) in [6.07, 6.45) is 1.55. The minimum atomic E-state index is -4.47. The molecule has 160 valence electrons. The van der Waals surface area contributed by atoms with E-state index in [9.17, 15) is 27.9 Å². The standard InChI is InChI=1S/C21H26F3NO4/c22-21(23,24)16-7-5-6-15(14-16)18(26)11-9-17-10-12-19(27)25(17)13-4-2-1-3-8-20(28)29/h5-7,9,11,14,17-18,26H,1-4,8,10,12-13H2,(H,28,29)/b11-9+/t17-,18?/m0/s1. The van der Waals surface area contributed by atoms with E-state index in [1.807, 2.05) is 0 Å². The van der Waals surface area contributed by atoms with Gasteiger partial charge < -0.3 is 15.1 Å². The Bertz CT molecular complexity index is 733. The van der Waals surface area contributed by atoms with Gasteiger partial charge in [-0.2, -0.15) is 13.2 Å². The summed E-state index contributed by atoms with van der Waals surface area (Å²) in [5, 5.41) is 18.9. The van der Waals surface area contributed by atoms with E-state index in [2.05, 4.69) is 0 Å². The summed E-state index contributed by atoms with van der Waals surface area (Å²) in [4.78, 5) is 24.3. The van der Waals surface area contributed by atoms with Crippen LogP contribution in [-0.2, 0) is 15.8 Å². The fraction of sp³-hybridized carbons (Fsp3) is 0.524. The molecule has 1 aliphatic heterocycles. The Labute approximate surface area is 167 Å². The van der Waals surface area contributed by atoms with Crippen molar-refractivity contribution in [3.8, 4) is 0 Å². The Hall–Kier alpha value is -2.35. The van der Waals surface area contributed by atoms with Crippen LogP contribution in [-0.4, -0.2) is 39.6 Å². The summed E-state index contributed by atoms with van der Waals surface area (Å²) in [5.74, 6) is -0.803. The number of amides is 1. The monoisotopic (exact) mass is 413 g/mol. The second kappa shape index (κ2) is 10.4. The fourth-order valence-electron chi connectivity index (χ4n) is 3.40. The Balaban J connectivity index is 1.89. The Morgan fingerprint density at radius 2 is 1.97 bits per heavy atom. The number of hydrogen-bond acceptors (Lipinski definition) is 3. The van der Waals surface area contributed by atoms with Crippen molar-refractivity contribution in [1.82, 2.24) is 4.90 Å². The molecule has 2 atom stereocenters. The quantitative estimate of drug-likeness (QED) is 0.442. The molecule has 5 nitrogen and oxygen atoms in total.